The first-order valence-corrected chi connectivity index (χ1v) is 7.74. The number of carboxylic acids is 1. The lowest BCUT2D eigenvalue weighted by molar-refractivity contribution is -0.153. The van der Waals surface area contributed by atoms with Crippen LogP contribution in [0.2, 0.25) is 0 Å². The highest BCUT2D eigenvalue weighted by Crippen LogP contribution is 2.34. The standard InChI is InChI=1S/C15H25NO4/c1-2-11-6-8-15(9-7-11,14(18)19)16-13(17)12-5-3-4-10-20-12/h11-12H,2-10H2,1H3,(H,16,17)(H,18,19). The summed E-state index contributed by atoms with van der Waals surface area (Å²) in [5.74, 6) is -0.566. The van der Waals surface area contributed by atoms with Crippen molar-refractivity contribution in [2.45, 2.75) is 69.9 Å². The maximum absolute atomic E-state index is 12.2. The maximum atomic E-state index is 12.2. The van der Waals surface area contributed by atoms with Crippen molar-refractivity contribution < 1.29 is 19.4 Å². The molecule has 114 valence electrons. The number of carbonyl (C=O) groups excluding carboxylic acids is 1. The Bertz CT molecular complexity index is 355. The quantitative estimate of drug-likeness (QED) is 0.828. The lowest BCUT2D eigenvalue weighted by atomic mass is 9.75. The first-order valence-electron chi connectivity index (χ1n) is 7.74. The first-order chi connectivity index (χ1) is 9.57. The van der Waals surface area contributed by atoms with Gasteiger partial charge in [0.25, 0.3) is 0 Å². The summed E-state index contributed by atoms with van der Waals surface area (Å²) in [6.45, 7) is 2.73. The first kappa shape index (κ1) is 15.3. The number of carboxylic acid groups (broad SMARTS) is 1. The Balaban J connectivity index is 1.98. The molecule has 1 aliphatic heterocycles. The highest BCUT2D eigenvalue weighted by Gasteiger charge is 2.44. The van der Waals surface area contributed by atoms with Gasteiger partial charge in [0.2, 0.25) is 5.91 Å². The van der Waals surface area contributed by atoms with Gasteiger partial charge in [-0.3, -0.25) is 4.79 Å². The van der Waals surface area contributed by atoms with Gasteiger partial charge in [0.05, 0.1) is 0 Å². The average molecular weight is 283 g/mol. The van der Waals surface area contributed by atoms with Crippen molar-refractivity contribution in [3.63, 3.8) is 0 Å². The van der Waals surface area contributed by atoms with Gasteiger partial charge in [0.15, 0.2) is 0 Å². The summed E-state index contributed by atoms with van der Waals surface area (Å²) in [5, 5.41) is 12.3. The second-order valence-corrected chi connectivity index (χ2v) is 6.08. The zero-order valence-corrected chi connectivity index (χ0v) is 12.2. The summed E-state index contributed by atoms with van der Waals surface area (Å²) >= 11 is 0. The van der Waals surface area contributed by atoms with Crippen LogP contribution in [-0.2, 0) is 14.3 Å². The van der Waals surface area contributed by atoms with Crippen molar-refractivity contribution in [3.8, 4) is 0 Å². The van der Waals surface area contributed by atoms with Crippen LogP contribution in [0.15, 0.2) is 0 Å². The van der Waals surface area contributed by atoms with Gasteiger partial charge in [-0.2, -0.15) is 0 Å². The van der Waals surface area contributed by atoms with Crippen LogP contribution in [0.5, 0.6) is 0 Å². The van der Waals surface area contributed by atoms with Crippen LogP contribution in [0.4, 0.5) is 0 Å². The largest absolute Gasteiger partial charge is 0.480 e. The minimum atomic E-state index is -1.08. The second kappa shape index (κ2) is 6.57. The van der Waals surface area contributed by atoms with E-state index in [1.54, 1.807) is 0 Å². The van der Waals surface area contributed by atoms with Crippen LogP contribution in [0.1, 0.15) is 58.3 Å². The molecule has 5 nitrogen and oxygen atoms in total. The summed E-state index contributed by atoms with van der Waals surface area (Å²) in [4.78, 5) is 23.9. The minimum Gasteiger partial charge on any atom is -0.480 e. The number of ether oxygens (including phenoxy) is 1. The van der Waals surface area contributed by atoms with Gasteiger partial charge in [-0.15, -0.1) is 0 Å². The van der Waals surface area contributed by atoms with Gasteiger partial charge in [-0.25, -0.2) is 4.79 Å². The molecule has 2 rings (SSSR count). The van der Waals surface area contributed by atoms with E-state index < -0.39 is 17.6 Å². The molecule has 1 aliphatic carbocycles. The van der Waals surface area contributed by atoms with Crippen LogP contribution < -0.4 is 5.32 Å². The summed E-state index contributed by atoms with van der Waals surface area (Å²) in [5.41, 5.74) is -1.08. The molecule has 0 radical (unpaired) electrons. The summed E-state index contributed by atoms with van der Waals surface area (Å²) in [7, 11) is 0. The summed E-state index contributed by atoms with van der Waals surface area (Å²) < 4.78 is 5.44. The lowest BCUT2D eigenvalue weighted by Gasteiger charge is -2.38. The molecule has 1 saturated carbocycles. The zero-order chi connectivity index (χ0) is 14.6. The maximum Gasteiger partial charge on any atom is 0.329 e. The molecule has 1 saturated heterocycles. The van der Waals surface area contributed by atoms with E-state index in [1.807, 2.05) is 0 Å². The van der Waals surface area contributed by atoms with Crippen molar-refractivity contribution in [2.24, 2.45) is 5.92 Å². The van der Waals surface area contributed by atoms with Crippen molar-refractivity contribution >= 4 is 11.9 Å². The van der Waals surface area contributed by atoms with E-state index in [-0.39, 0.29) is 5.91 Å². The SMILES string of the molecule is CCC1CCC(NC(=O)C2CCCCO2)(C(=O)O)CC1. The molecule has 1 atom stereocenters. The molecule has 1 unspecified atom stereocenters. The number of carbonyl (C=O) groups is 2. The number of rotatable bonds is 4. The fraction of sp³-hybridized carbons (Fsp3) is 0.867. The summed E-state index contributed by atoms with van der Waals surface area (Å²) in [6, 6.07) is 0. The topological polar surface area (TPSA) is 75.6 Å². The number of hydrogen-bond donors (Lipinski definition) is 2. The molecule has 2 fully saturated rings. The smallest absolute Gasteiger partial charge is 0.329 e. The third-order valence-corrected chi connectivity index (χ3v) is 4.78. The van der Waals surface area contributed by atoms with Crippen LogP contribution in [0, 0.1) is 5.92 Å². The molecule has 0 aromatic heterocycles. The number of aliphatic carboxylic acids is 1. The van der Waals surface area contributed by atoms with Crippen LogP contribution in [0.3, 0.4) is 0 Å². The molecular formula is C15H25NO4. The molecule has 1 heterocycles. The van der Waals surface area contributed by atoms with Crippen molar-refractivity contribution in [1.29, 1.82) is 0 Å². The van der Waals surface area contributed by atoms with Crippen LogP contribution in [0.25, 0.3) is 0 Å². The highest BCUT2D eigenvalue weighted by atomic mass is 16.5. The van der Waals surface area contributed by atoms with Gasteiger partial charge in [0.1, 0.15) is 11.6 Å². The third kappa shape index (κ3) is 3.32. The number of amides is 1. The van der Waals surface area contributed by atoms with E-state index in [0.29, 0.717) is 31.8 Å². The Morgan fingerprint density at radius 1 is 1.25 bits per heavy atom. The fourth-order valence-electron chi connectivity index (χ4n) is 3.23. The Morgan fingerprint density at radius 3 is 2.45 bits per heavy atom. The molecule has 20 heavy (non-hydrogen) atoms. The predicted octanol–water partition coefficient (Wildman–Crippen LogP) is 2.10. The van der Waals surface area contributed by atoms with Crippen LogP contribution in [-0.4, -0.2) is 35.2 Å². The van der Waals surface area contributed by atoms with E-state index in [2.05, 4.69) is 12.2 Å². The number of hydrogen-bond acceptors (Lipinski definition) is 3. The fourth-order valence-corrected chi connectivity index (χ4v) is 3.23. The molecule has 0 spiro atoms. The second-order valence-electron chi connectivity index (χ2n) is 6.08. The van der Waals surface area contributed by atoms with Gasteiger partial charge >= 0.3 is 5.97 Å². The lowest BCUT2D eigenvalue weighted by Crippen LogP contribution is -2.58. The van der Waals surface area contributed by atoms with Gasteiger partial charge in [0, 0.05) is 6.61 Å². The third-order valence-electron chi connectivity index (χ3n) is 4.78. The van der Waals surface area contributed by atoms with Gasteiger partial charge < -0.3 is 15.2 Å². The summed E-state index contributed by atoms with van der Waals surface area (Å²) in [6.07, 6.45) is 6.04. The van der Waals surface area contributed by atoms with E-state index in [0.717, 1.165) is 32.1 Å². The highest BCUT2D eigenvalue weighted by molar-refractivity contribution is 5.89. The van der Waals surface area contributed by atoms with Crippen molar-refractivity contribution in [3.05, 3.63) is 0 Å². The molecule has 2 aliphatic rings. The monoisotopic (exact) mass is 283 g/mol. The normalized spacial score (nSPS) is 34.5. The van der Waals surface area contributed by atoms with E-state index in [4.69, 9.17) is 4.74 Å². The average Bonchev–Trinajstić information content (AvgIpc) is 2.48. The molecule has 0 aromatic rings. The van der Waals surface area contributed by atoms with Gasteiger partial charge in [-0.05, 0) is 50.9 Å². The van der Waals surface area contributed by atoms with Crippen LogP contribution >= 0.6 is 0 Å². The minimum absolute atomic E-state index is 0.248. The molecule has 2 N–H and O–H groups in total. The molecule has 0 bridgehead atoms. The van der Waals surface area contributed by atoms with E-state index in [9.17, 15) is 14.7 Å². The van der Waals surface area contributed by atoms with E-state index >= 15 is 0 Å². The van der Waals surface area contributed by atoms with Crippen molar-refractivity contribution in [1.82, 2.24) is 5.32 Å². The molecular weight excluding hydrogens is 258 g/mol. The van der Waals surface area contributed by atoms with Gasteiger partial charge in [-0.1, -0.05) is 13.3 Å². The Labute approximate surface area is 120 Å². The van der Waals surface area contributed by atoms with Crippen molar-refractivity contribution in [2.75, 3.05) is 6.61 Å². The molecule has 5 heteroatoms. The van der Waals surface area contributed by atoms with E-state index in [1.165, 1.54) is 0 Å². The zero-order valence-electron chi connectivity index (χ0n) is 12.2. The molecule has 0 aromatic carbocycles. The molecule has 1 amide bonds. The Kier molecular flexibility index (Phi) is 5.02. The Morgan fingerprint density at radius 2 is 1.95 bits per heavy atom. The number of nitrogens with one attached hydrogen (secondary N) is 1. The predicted molar refractivity (Wildman–Crippen MR) is 74.3 cm³/mol. The Hall–Kier alpha value is -1.10.